The summed E-state index contributed by atoms with van der Waals surface area (Å²) >= 11 is 5.48. The fraction of sp³-hybridized carbons (Fsp3) is 0.400. The van der Waals surface area contributed by atoms with Gasteiger partial charge in [0.15, 0.2) is 0 Å². The number of hydrogen-bond acceptors (Lipinski definition) is 2. The first-order chi connectivity index (χ1) is 7.36. The van der Waals surface area contributed by atoms with Crippen LogP contribution in [0.2, 0.25) is 5.02 Å². The predicted octanol–water partition coefficient (Wildman–Crippen LogP) is 2.71. The Labute approximate surface area is 96.4 Å². The Hall–Kier alpha value is -0.780. The van der Waals surface area contributed by atoms with E-state index in [1.165, 1.54) is 12.1 Å². The zero-order valence-corrected chi connectivity index (χ0v) is 9.15. The lowest BCUT2D eigenvalue weighted by Crippen LogP contribution is -2.16. The second-order valence-corrected chi connectivity index (χ2v) is 3.83. The van der Waals surface area contributed by atoms with Crippen molar-refractivity contribution in [2.24, 2.45) is 11.5 Å². The van der Waals surface area contributed by atoms with Gasteiger partial charge in [-0.05, 0) is 30.7 Å². The van der Waals surface area contributed by atoms with Gasteiger partial charge in [0, 0.05) is 6.04 Å². The van der Waals surface area contributed by atoms with Gasteiger partial charge in [0.1, 0.15) is 0 Å². The smallest absolute Gasteiger partial charge is 0.330 e. The van der Waals surface area contributed by atoms with Crippen LogP contribution in [-0.2, 0) is 6.18 Å². The maximum Gasteiger partial charge on any atom is 0.417 e. The van der Waals surface area contributed by atoms with Crippen molar-refractivity contribution in [3.05, 3.63) is 34.3 Å². The molecule has 0 aliphatic rings. The third-order valence-electron chi connectivity index (χ3n) is 2.20. The zero-order chi connectivity index (χ0) is 12.3. The van der Waals surface area contributed by atoms with Gasteiger partial charge in [-0.2, -0.15) is 13.2 Å². The highest BCUT2D eigenvalue weighted by Gasteiger charge is 2.33. The summed E-state index contributed by atoms with van der Waals surface area (Å²) in [6, 6.07) is 3.17. The maximum absolute atomic E-state index is 12.5. The molecule has 0 unspecified atom stereocenters. The molecule has 0 bridgehead atoms. The van der Waals surface area contributed by atoms with Crippen molar-refractivity contribution in [2.45, 2.75) is 18.6 Å². The molecular weight excluding hydrogens is 241 g/mol. The Bertz CT molecular complexity index is 366. The van der Waals surface area contributed by atoms with Gasteiger partial charge in [0.2, 0.25) is 0 Å². The molecule has 0 heterocycles. The van der Waals surface area contributed by atoms with E-state index in [1.54, 1.807) is 0 Å². The number of halogens is 4. The van der Waals surface area contributed by atoms with E-state index in [0.29, 0.717) is 18.5 Å². The lowest BCUT2D eigenvalue weighted by Gasteiger charge is -2.14. The molecule has 1 atom stereocenters. The minimum absolute atomic E-state index is 0.323. The highest BCUT2D eigenvalue weighted by atomic mass is 35.5. The summed E-state index contributed by atoms with van der Waals surface area (Å²) in [5.74, 6) is 0. The van der Waals surface area contributed by atoms with Crippen LogP contribution in [0.1, 0.15) is 23.6 Å². The average molecular weight is 253 g/mol. The number of hydrogen-bond donors (Lipinski definition) is 2. The lowest BCUT2D eigenvalue weighted by molar-refractivity contribution is -0.137. The van der Waals surface area contributed by atoms with Crippen molar-refractivity contribution < 1.29 is 13.2 Å². The summed E-state index contributed by atoms with van der Waals surface area (Å²) in [4.78, 5) is 0. The van der Waals surface area contributed by atoms with Crippen molar-refractivity contribution in [3.8, 4) is 0 Å². The van der Waals surface area contributed by atoms with E-state index in [1.807, 2.05) is 0 Å². The van der Waals surface area contributed by atoms with E-state index < -0.39 is 17.8 Å². The normalized spacial score (nSPS) is 13.9. The Kier molecular flexibility index (Phi) is 4.18. The van der Waals surface area contributed by atoms with Crippen molar-refractivity contribution in [2.75, 3.05) is 6.54 Å². The third-order valence-corrected chi connectivity index (χ3v) is 2.53. The largest absolute Gasteiger partial charge is 0.417 e. The first kappa shape index (κ1) is 13.3. The standard InChI is InChI=1S/C10H12ClF3N2/c11-8-2-1-6(9(16)3-4-15)5-7(8)10(12,13)14/h1-2,5,9H,3-4,15-16H2/t9-/m0/s1. The van der Waals surface area contributed by atoms with Crippen LogP contribution in [0.4, 0.5) is 13.2 Å². The molecule has 0 aliphatic carbocycles. The van der Waals surface area contributed by atoms with Gasteiger partial charge in [0.05, 0.1) is 10.6 Å². The third kappa shape index (κ3) is 3.10. The van der Waals surface area contributed by atoms with Crippen molar-refractivity contribution in [1.82, 2.24) is 0 Å². The fourth-order valence-corrected chi connectivity index (χ4v) is 1.56. The average Bonchev–Trinajstić information content (AvgIpc) is 2.16. The van der Waals surface area contributed by atoms with Gasteiger partial charge in [-0.1, -0.05) is 17.7 Å². The van der Waals surface area contributed by atoms with Crippen molar-refractivity contribution >= 4 is 11.6 Å². The van der Waals surface area contributed by atoms with Crippen LogP contribution < -0.4 is 11.5 Å². The van der Waals surface area contributed by atoms with E-state index in [0.717, 1.165) is 6.07 Å². The molecule has 0 aliphatic heterocycles. The molecule has 1 aromatic carbocycles. The van der Waals surface area contributed by atoms with Crippen LogP contribution in [-0.4, -0.2) is 6.54 Å². The Morgan fingerprint density at radius 3 is 2.44 bits per heavy atom. The van der Waals surface area contributed by atoms with E-state index in [-0.39, 0.29) is 5.02 Å². The molecule has 0 saturated carbocycles. The first-order valence-electron chi connectivity index (χ1n) is 4.68. The molecular formula is C10H12ClF3N2. The van der Waals surface area contributed by atoms with Crippen molar-refractivity contribution in [3.63, 3.8) is 0 Å². The molecule has 0 radical (unpaired) electrons. The van der Waals surface area contributed by atoms with E-state index in [2.05, 4.69) is 0 Å². The number of rotatable bonds is 3. The van der Waals surface area contributed by atoms with Crippen LogP contribution in [0.15, 0.2) is 18.2 Å². The molecule has 0 saturated heterocycles. The molecule has 1 rings (SSSR count). The fourth-order valence-electron chi connectivity index (χ4n) is 1.34. The lowest BCUT2D eigenvalue weighted by atomic mass is 10.0. The summed E-state index contributed by atoms with van der Waals surface area (Å²) in [6.45, 7) is 0.325. The zero-order valence-electron chi connectivity index (χ0n) is 8.39. The molecule has 16 heavy (non-hydrogen) atoms. The molecule has 90 valence electrons. The predicted molar refractivity (Wildman–Crippen MR) is 57.1 cm³/mol. The van der Waals surface area contributed by atoms with E-state index >= 15 is 0 Å². The van der Waals surface area contributed by atoms with E-state index in [9.17, 15) is 13.2 Å². The molecule has 0 aromatic heterocycles. The second kappa shape index (κ2) is 5.03. The number of alkyl halides is 3. The quantitative estimate of drug-likeness (QED) is 0.869. The summed E-state index contributed by atoms with van der Waals surface area (Å²) in [5.41, 5.74) is 10.5. The highest BCUT2D eigenvalue weighted by molar-refractivity contribution is 6.31. The van der Waals surface area contributed by atoms with Gasteiger partial charge >= 0.3 is 6.18 Å². The van der Waals surface area contributed by atoms with Crippen LogP contribution in [0.3, 0.4) is 0 Å². The van der Waals surface area contributed by atoms with Crippen LogP contribution in [0.25, 0.3) is 0 Å². The van der Waals surface area contributed by atoms with Gasteiger partial charge < -0.3 is 11.5 Å². The summed E-state index contributed by atoms with van der Waals surface area (Å²) in [5, 5.41) is -0.323. The van der Waals surface area contributed by atoms with E-state index in [4.69, 9.17) is 23.1 Å². The van der Waals surface area contributed by atoms with Gasteiger partial charge in [-0.15, -0.1) is 0 Å². The number of nitrogens with two attached hydrogens (primary N) is 2. The SMILES string of the molecule is NCC[C@H](N)c1ccc(Cl)c(C(F)(F)F)c1. The van der Waals surface area contributed by atoms with Gasteiger partial charge in [-0.25, -0.2) is 0 Å². The van der Waals surface area contributed by atoms with Gasteiger partial charge in [0.25, 0.3) is 0 Å². The minimum Gasteiger partial charge on any atom is -0.330 e. The first-order valence-corrected chi connectivity index (χ1v) is 5.06. The summed E-state index contributed by atoms with van der Waals surface area (Å²) in [7, 11) is 0. The number of benzene rings is 1. The molecule has 0 fully saturated rings. The van der Waals surface area contributed by atoms with Crippen molar-refractivity contribution in [1.29, 1.82) is 0 Å². The Morgan fingerprint density at radius 1 is 1.31 bits per heavy atom. The Balaban J connectivity index is 3.07. The molecule has 2 nitrogen and oxygen atoms in total. The highest BCUT2D eigenvalue weighted by Crippen LogP contribution is 2.36. The molecule has 4 N–H and O–H groups in total. The topological polar surface area (TPSA) is 52.0 Å². The molecule has 0 amide bonds. The molecule has 6 heteroatoms. The second-order valence-electron chi connectivity index (χ2n) is 3.42. The Morgan fingerprint density at radius 2 is 1.94 bits per heavy atom. The van der Waals surface area contributed by atoms with Crippen LogP contribution >= 0.6 is 11.6 Å². The molecule has 1 aromatic rings. The van der Waals surface area contributed by atoms with Crippen LogP contribution in [0, 0.1) is 0 Å². The molecule has 0 spiro atoms. The van der Waals surface area contributed by atoms with Gasteiger partial charge in [-0.3, -0.25) is 0 Å². The maximum atomic E-state index is 12.5. The minimum atomic E-state index is -4.46. The summed E-state index contributed by atoms with van der Waals surface area (Å²) < 4.78 is 37.6. The monoisotopic (exact) mass is 252 g/mol. The van der Waals surface area contributed by atoms with Crippen LogP contribution in [0.5, 0.6) is 0 Å². The summed E-state index contributed by atoms with van der Waals surface area (Å²) in [6.07, 6.45) is -4.03.